The lowest BCUT2D eigenvalue weighted by Gasteiger charge is -2.21. The molecule has 0 aliphatic rings. The monoisotopic (exact) mass is 338 g/mol. The van der Waals surface area contributed by atoms with Gasteiger partial charge in [-0.05, 0) is 55.7 Å². The molecule has 2 rings (SSSR count). The second kappa shape index (κ2) is 9.02. The van der Waals surface area contributed by atoms with Crippen LogP contribution < -0.4 is 5.32 Å². The molecule has 0 aliphatic carbocycles. The molecule has 0 atom stereocenters. The Kier molecular flexibility index (Phi) is 6.75. The van der Waals surface area contributed by atoms with Crippen molar-refractivity contribution in [2.75, 3.05) is 18.4 Å². The molecule has 4 nitrogen and oxygen atoms in total. The van der Waals surface area contributed by atoms with Crippen LogP contribution in [0.5, 0.6) is 0 Å². The normalized spacial score (nSPS) is 10.4. The zero-order valence-electron chi connectivity index (χ0n) is 15.2. The van der Waals surface area contributed by atoms with E-state index in [2.05, 4.69) is 19.2 Å². The molecule has 132 valence electrons. The molecule has 0 radical (unpaired) electrons. The topological polar surface area (TPSA) is 49.4 Å². The number of hydrogen-bond acceptors (Lipinski definition) is 2. The van der Waals surface area contributed by atoms with Gasteiger partial charge in [0.15, 0.2) is 0 Å². The molecular weight excluding hydrogens is 312 g/mol. The van der Waals surface area contributed by atoms with Crippen molar-refractivity contribution in [1.29, 1.82) is 0 Å². The number of aryl methyl sites for hydroxylation is 1. The van der Waals surface area contributed by atoms with Crippen molar-refractivity contribution in [3.05, 3.63) is 65.2 Å². The van der Waals surface area contributed by atoms with Gasteiger partial charge in [-0.1, -0.05) is 32.0 Å². The summed E-state index contributed by atoms with van der Waals surface area (Å²) >= 11 is 0. The van der Waals surface area contributed by atoms with Crippen LogP contribution >= 0.6 is 0 Å². The Morgan fingerprint density at radius 3 is 2.20 bits per heavy atom. The molecule has 0 heterocycles. The molecule has 2 aromatic carbocycles. The molecule has 0 aliphatic heterocycles. The van der Waals surface area contributed by atoms with Gasteiger partial charge in [-0.15, -0.1) is 0 Å². The molecule has 4 heteroatoms. The Balaban J connectivity index is 2.16. The molecule has 0 saturated carbocycles. The number of nitrogens with zero attached hydrogens (tertiary/aromatic N) is 1. The van der Waals surface area contributed by atoms with Crippen molar-refractivity contribution < 1.29 is 9.59 Å². The lowest BCUT2D eigenvalue weighted by molar-refractivity contribution is 0.0755. The third kappa shape index (κ3) is 5.18. The number of amides is 2. The van der Waals surface area contributed by atoms with Crippen LogP contribution in [-0.4, -0.2) is 29.8 Å². The number of nitrogens with one attached hydrogen (secondary N) is 1. The highest BCUT2D eigenvalue weighted by molar-refractivity contribution is 6.06. The molecule has 2 aromatic rings. The van der Waals surface area contributed by atoms with Crippen LogP contribution in [-0.2, 0) is 0 Å². The van der Waals surface area contributed by atoms with E-state index in [1.807, 2.05) is 36.1 Å². The summed E-state index contributed by atoms with van der Waals surface area (Å²) < 4.78 is 0. The van der Waals surface area contributed by atoms with E-state index in [0.717, 1.165) is 37.2 Å². The molecule has 0 bridgehead atoms. The van der Waals surface area contributed by atoms with E-state index in [4.69, 9.17) is 0 Å². The molecular formula is C21H26N2O2. The lowest BCUT2D eigenvalue weighted by Crippen LogP contribution is -2.32. The van der Waals surface area contributed by atoms with Crippen molar-refractivity contribution in [3.8, 4) is 0 Å². The molecule has 1 N–H and O–H groups in total. The van der Waals surface area contributed by atoms with E-state index in [1.165, 1.54) is 0 Å². The third-order valence-corrected chi connectivity index (χ3v) is 3.92. The van der Waals surface area contributed by atoms with Gasteiger partial charge in [0.1, 0.15) is 0 Å². The average molecular weight is 338 g/mol. The van der Waals surface area contributed by atoms with Crippen LogP contribution in [0.3, 0.4) is 0 Å². The first-order valence-electron chi connectivity index (χ1n) is 8.82. The van der Waals surface area contributed by atoms with Gasteiger partial charge < -0.3 is 10.2 Å². The maximum absolute atomic E-state index is 12.7. The van der Waals surface area contributed by atoms with E-state index in [0.29, 0.717) is 11.1 Å². The Bertz CT molecular complexity index is 734. The zero-order valence-corrected chi connectivity index (χ0v) is 15.2. The Labute approximate surface area is 149 Å². The maximum atomic E-state index is 12.7. The molecule has 2 amide bonds. The zero-order chi connectivity index (χ0) is 18.2. The van der Waals surface area contributed by atoms with E-state index < -0.39 is 0 Å². The predicted molar refractivity (Wildman–Crippen MR) is 102 cm³/mol. The van der Waals surface area contributed by atoms with Gasteiger partial charge in [-0.3, -0.25) is 9.59 Å². The Hall–Kier alpha value is -2.62. The molecule has 0 spiro atoms. The quantitative estimate of drug-likeness (QED) is 0.807. The molecule has 0 fully saturated rings. The highest BCUT2D eigenvalue weighted by Crippen LogP contribution is 2.14. The first kappa shape index (κ1) is 18.7. The maximum Gasteiger partial charge on any atom is 0.255 e. The summed E-state index contributed by atoms with van der Waals surface area (Å²) in [6, 6.07) is 14.6. The molecule has 0 saturated heterocycles. The van der Waals surface area contributed by atoms with E-state index in [-0.39, 0.29) is 11.8 Å². The van der Waals surface area contributed by atoms with Crippen molar-refractivity contribution >= 4 is 17.5 Å². The van der Waals surface area contributed by atoms with Crippen LogP contribution in [0, 0.1) is 6.92 Å². The summed E-state index contributed by atoms with van der Waals surface area (Å²) in [6.07, 6.45) is 1.83. The van der Waals surface area contributed by atoms with Crippen molar-refractivity contribution in [2.24, 2.45) is 0 Å². The minimum atomic E-state index is -0.210. The fourth-order valence-electron chi connectivity index (χ4n) is 2.76. The molecule has 0 aromatic heterocycles. The first-order valence-corrected chi connectivity index (χ1v) is 8.82. The van der Waals surface area contributed by atoms with Gasteiger partial charge >= 0.3 is 0 Å². The van der Waals surface area contributed by atoms with Gasteiger partial charge in [0.25, 0.3) is 11.8 Å². The first-order chi connectivity index (χ1) is 12.0. The summed E-state index contributed by atoms with van der Waals surface area (Å²) in [5.41, 5.74) is 2.87. The number of hydrogen-bond donors (Lipinski definition) is 1. The Morgan fingerprint density at radius 2 is 1.56 bits per heavy atom. The smallest absolute Gasteiger partial charge is 0.255 e. The number of carbonyl (C=O) groups is 2. The van der Waals surface area contributed by atoms with Gasteiger partial charge in [-0.2, -0.15) is 0 Å². The second-order valence-electron chi connectivity index (χ2n) is 6.20. The van der Waals surface area contributed by atoms with Crippen LogP contribution in [0.2, 0.25) is 0 Å². The minimum Gasteiger partial charge on any atom is -0.339 e. The van der Waals surface area contributed by atoms with Crippen molar-refractivity contribution in [1.82, 2.24) is 4.90 Å². The molecule has 25 heavy (non-hydrogen) atoms. The van der Waals surface area contributed by atoms with E-state index in [1.54, 1.807) is 24.3 Å². The summed E-state index contributed by atoms with van der Waals surface area (Å²) in [6.45, 7) is 7.55. The fourth-order valence-corrected chi connectivity index (χ4v) is 2.76. The van der Waals surface area contributed by atoms with Crippen LogP contribution in [0.1, 0.15) is 53.0 Å². The van der Waals surface area contributed by atoms with Crippen molar-refractivity contribution in [2.45, 2.75) is 33.6 Å². The van der Waals surface area contributed by atoms with E-state index >= 15 is 0 Å². The third-order valence-electron chi connectivity index (χ3n) is 3.92. The van der Waals surface area contributed by atoms with Gasteiger partial charge in [-0.25, -0.2) is 0 Å². The highest BCUT2D eigenvalue weighted by Gasteiger charge is 2.16. The SMILES string of the molecule is CCCN(CCC)C(=O)c1cccc(C(=O)Nc2cccc(C)c2)c1. The number of anilines is 1. The summed E-state index contributed by atoms with van der Waals surface area (Å²) in [5.74, 6) is -0.230. The number of rotatable bonds is 7. The number of carbonyl (C=O) groups excluding carboxylic acids is 2. The largest absolute Gasteiger partial charge is 0.339 e. The van der Waals surface area contributed by atoms with Gasteiger partial charge in [0.05, 0.1) is 0 Å². The minimum absolute atomic E-state index is 0.0195. The van der Waals surface area contributed by atoms with Crippen LogP contribution in [0.15, 0.2) is 48.5 Å². The highest BCUT2D eigenvalue weighted by atomic mass is 16.2. The average Bonchev–Trinajstić information content (AvgIpc) is 2.61. The summed E-state index contributed by atoms with van der Waals surface area (Å²) in [4.78, 5) is 27.0. The van der Waals surface area contributed by atoms with Gasteiger partial charge in [0, 0.05) is 29.9 Å². The molecule has 0 unspecified atom stereocenters. The summed E-state index contributed by atoms with van der Waals surface area (Å²) in [5, 5.41) is 2.88. The fraction of sp³-hybridized carbons (Fsp3) is 0.333. The predicted octanol–water partition coefficient (Wildman–Crippen LogP) is 4.51. The van der Waals surface area contributed by atoms with Crippen LogP contribution in [0.4, 0.5) is 5.69 Å². The standard InChI is InChI=1S/C21H26N2O2/c1-4-12-23(13-5-2)21(25)18-10-7-9-17(15-18)20(24)22-19-11-6-8-16(3)14-19/h6-11,14-15H,4-5,12-13H2,1-3H3,(H,22,24). The number of benzene rings is 2. The Morgan fingerprint density at radius 1 is 0.920 bits per heavy atom. The van der Waals surface area contributed by atoms with E-state index in [9.17, 15) is 9.59 Å². The second-order valence-corrected chi connectivity index (χ2v) is 6.20. The van der Waals surface area contributed by atoms with Gasteiger partial charge in [0.2, 0.25) is 0 Å². The lowest BCUT2D eigenvalue weighted by atomic mass is 10.1. The van der Waals surface area contributed by atoms with Crippen molar-refractivity contribution in [3.63, 3.8) is 0 Å². The summed E-state index contributed by atoms with van der Waals surface area (Å²) in [7, 11) is 0. The van der Waals surface area contributed by atoms with Crippen LogP contribution in [0.25, 0.3) is 0 Å².